The van der Waals surface area contributed by atoms with Gasteiger partial charge >= 0.3 is 9.62 Å². The van der Waals surface area contributed by atoms with E-state index in [1.807, 2.05) is 42.8 Å². The van der Waals surface area contributed by atoms with Crippen LogP contribution in [-0.4, -0.2) is 52.9 Å². The van der Waals surface area contributed by atoms with Crippen LogP contribution in [0.1, 0.15) is 61.0 Å². The molecule has 1 aromatic carbocycles. The maximum Gasteiger partial charge on any atom is 0.337 e. The van der Waals surface area contributed by atoms with Gasteiger partial charge < -0.3 is 9.67 Å². The maximum absolute atomic E-state index is 14.9. The first-order valence-corrected chi connectivity index (χ1v) is 14.9. The SMILES string of the molecule is C[C@@H]1CN(Cc2cc(C(F)(F)I)c3cn(-c4cccc([C@H](c5nncn5C)C5CCC5)c4)c(=O)n3c2)CC[C@H]1O. The largest absolute Gasteiger partial charge is 0.393 e. The highest BCUT2D eigenvalue weighted by Gasteiger charge is 2.34. The van der Waals surface area contributed by atoms with Crippen LogP contribution < -0.4 is 5.69 Å². The molecule has 1 aliphatic heterocycles. The van der Waals surface area contributed by atoms with E-state index in [1.165, 1.54) is 27.7 Å². The Hall–Kier alpha value is -2.64. The lowest BCUT2D eigenvalue weighted by Crippen LogP contribution is -2.41. The van der Waals surface area contributed by atoms with Crippen LogP contribution in [0.5, 0.6) is 0 Å². The molecule has 1 N–H and O–H groups in total. The molecule has 1 saturated heterocycles. The molecule has 0 bridgehead atoms. The molecular weight excluding hydrogens is 629 g/mol. The number of aryl methyl sites for hydroxylation is 1. The van der Waals surface area contributed by atoms with E-state index >= 15 is 0 Å². The van der Waals surface area contributed by atoms with Crippen molar-refractivity contribution in [1.29, 1.82) is 0 Å². The first-order valence-electron chi connectivity index (χ1n) is 13.8. The number of likely N-dealkylation sites (tertiary alicyclic amines) is 1. The lowest BCUT2D eigenvalue weighted by atomic mass is 9.72. The molecule has 1 saturated carbocycles. The van der Waals surface area contributed by atoms with Gasteiger partial charge in [-0.25, -0.2) is 4.79 Å². The monoisotopic (exact) mass is 662 g/mol. The minimum absolute atomic E-state index is 0.0419. The minimum Gasteiger partial charge on any atom is -0.393 e. The molecule has 0 amide bonds. The Morgan fingerprint density at radius 3 is 2.65 bits per heavy atom. The number of nitrogens with zero attached hydrogens (tertiary/aromatic N) is 6. The smallest absolute Gasteiger partial charge is 0.337 e. The van der Waals surface area contributed by atoms with E-state index in [-0.39, 0.29) is 29.0 Å². The quantitative estimate of drug-likeness (QED) is 0.227. The molecule has 1 aliphatic carbocycles. The third-order valence-electron chi connectivity index (χ3n) is 8.63. The number of imidazole rings is 1. The van der Waals surface area contributed by atoms with Gasteiger partial charge in [0.05, 0.1) is 22.9 Å². The Kier molecular flexibility index (Phi) is 7.32. The van der Waals surface area contributed by atoms with Crippen LogP contribution in [0, 0.1) is 11.8 Å². The van der Waals surface area contributed by atoms with Crippen LogP contribution in [0.25, 0.3) is 11.2 Å². The van der Waals surface area contributed by atoms with Gasteiger partial charge in [-0.15, -0.1) is 10.2 Å². The van der Waals surface area contributed by atoms with Crippen molar-refractivity contribution in [3.8, 4) is 5.69 Å². The molecule has 0 spiro atoms. The molecule has 11 heteroatoms. The number of aliphatic hydroxyl groups is 1. The molecule has 40 heavy (non-hydrogen) atoms. The van der Waals surface area contributed by atoms with Gasteiger partial charge in [0.1, 0.15) is 12.2 Å². The lowest BCUT2D eigenvalue weighted by Gasteiger charge is -2.34. The topological polar surface area (TPSA) is 80.6 Å². The third kappa shape index (κ3) is 5.11. The highest BCUT2D eigenvalue weighted by atomic mass is 127. The molecule has 8 nitrogen and oxygen atoms in total. The molecule has 0 unspecified atom stereocenters. The van der Waals surface area contributed by atoms with Gasteiger partial charge in [-0.3, -0.25) is 13.9 Å². The van der Waals surface area contributed by atoms with Crippen LogP contribution in [-0.2, 0) is 17.5 Å². The lowest BCUT2D eigenvalue weighted by molar-refractivity contribution is 0.0319. The van der Waals surface area contributed by atoms with Crippen LogP contribution in [0.2, 0.25) is 0 Å². The molecule has 4 aromatic rings. The fourth-order valence-electron chi connectivity index (χ4n) is 6.21. The van der Waals surface area contributed by atoms with Gasteiger partial charge in [-0.05, 0) is 60.4 Å². The second-order valence-electron chi connectivity index (χ2n) is 11.4. The summed E-state index contributed by atoms with van der Waals surface area (Å²) in [5.74, 6) is 1.46. The molecule has 2 aliphatic rings. The predicted molar refractivity (Wildman–Crippen MR) is 156 cm³/mol. The van der Waals surface area contributed by atoms with Gasteiger partial charge in [0.15, 0.2) is 0 Å². The average molecular weight is 663 g/mol. The number of hydrogen-bond donors (Lipinski definition) is 1. The number of alkyl halides is 3. The summed E-state index contributed by atoms with van der Waals surface area (Å²) in [6, 6.07) is 9.27. The summed E-state index contributed by atoms with van der Waals surface area (Å²) >= 11 is 1.14. The molecule has 3 aromatic heterocycles. The molecule has 212 valence electrons. The summed E-state index contributed by atoms with van der Waals surface area (Å²) in [6.07, 6.45) is 8.57. The fourth-order valence-corrected chi connectivity index (χ4v) is 6.64. The van der Waals surface area contributed by atoms with Crippen LogP contribution >= 0.6 is 22.6 Å². The number of piperidine rings is 1. The molecule has 6 rings (SSSR count). The highest BCUT2D eigenvalue weighted by molar-refractivity contribution is 14.1. The Morgan fingerprint density at radius 2 is 2.00 bits per heavy atom. The van der Waals surface area contributed by atoms with E-state index < -0.39 is 9.62 Å². The second-order valence-corrected chi connectivity index (χ2v) is 12.8. The second kappa shape index (κ2) is 10.6. The van der Waals surface area contributed by atoms with E-state index in [2.05, 4.69) is 15.1 Å². The number of aliphatic hydroxyl groups excluding tert-OH is 1. The van der Waals surface area contributed by atoms with Crippen molar-refractivity contribution in [2.24, 2.45) is 18.9 Å². The maximum atomic E-state index is 14.9. The van der Waals surface area contributed by atoms with E-state index in [9.17, 15) is 18.7 Å². The van der Waals surface area contributed by atoms with E-state index in [0.717, 1.165) is 46.8 Å². The summed E-state index contributed by atoms with van der Waals surface area (Å²) in [6.45, 7) is 3.77. The van der Waals surface area contributed by atoms with Crippen molar-refractivity contribution in [2.75, 3.05) is 13.1 Å². The van der Waals surface area contributed by atoms with Gasteiger partial charge in [0.25, 0.3) is 0 Å². The molecule has 4 heterocycles. The highest BCUT2D eigenvalue weighted by Crippen LogP contribution is 2.43. The van der Waals surface area contributed by atoms with Crippen LogP contribution in [0.3, 0.4) is 0 Å². The summed E-state index contributed by atoms with van der Waals surface area (Å²) in [5.41, 5.74) is 1.90. The van der Waals surface area contributed by atoms with Crippen LogP contribution in [0.4, 0.5) is 8.78 Å². The van der Waals surface area contributed by atoms with E-state index in [1.54, 1.807) is 12.5 Å². The number of halogens is 3. The van der Waals surface area contributed by atoms with Crippen molar-refractivity contribution in [1.82, 2.24) is 28.6 Å². The fraction of sp³-hybridized carbons (Fsp3) is 0.483. The zero-order chi connectivity index (χ0) is 28.2. The van der Waals surface area contributed by atoms with Gasteiger partial charge in [-0.2, -0.15) is 8.78 Å². The number of fused-ring (bicyclic) bond motifs is 1. The zero-order valence-electron chi connectivity index (χ0n) is 22.6. The molecule has 3 atom stereocenters. The Balaban J connectivity index is 1.41. The number of hydrogen-bond acceptors (Lipinski definition) is 5. The van der Waals surface area contributed by atoms with E-state index in [4.69, 9.17) is 0 Å². The van der Waals surface area contributed by atoms with Crippen molar-refractivity contribution >= 4 is 28.1 Å². The Morgan fingerprint density at radius 1 is 1.20 bits per heavy atom. The Labute approximate surface area is 244 Å². The molecule has 2 fully saturated rings. The normalized spacial score (nSPS) is 21.6. The minimum atomic E-state index is -3.16. The summed E-state index contributed by atoms with van der Waals surface area (Å²) in [5, 5.41) is 18.6. The first-order chi connectivity index (χ1) is 19.1. The number of aromatic nitrogens is 5. The van der Waals surface area contributed by atoms with Gasteiger partial charge in [0, 0.05) is 67.6 Å². The number of rotatable bonds is 7. The van der Waals surface area contributed by atoms with Gasteiger partial charge in [0.2, 0.25) is 0 Å². The standard InChI is InChI=1S/C29H33F2IN6O2/c1-18-13-36(10-9-25(18)39)14-19-11-23(29(30,31)32)24-16-37(28(40)38(24)15-19)22-8-4-7-21(12-22)26(20-5-3-6-20)27-34-33-17-35(27)2/h4,7-8,11-12,15-18,20,25-26,39H,3,5-6,9-10,13-14H2,1-2H3/t18-,25-,26-/m1/s1. The zero-order valence-corrected chi connectivity index (χ0v) is 24.7. The van der Waals surface area contributed by atoms with E-state index in [0.29, 0.717) is 43.2 Å². The van der Waals surface area contributed by atoms with Crippen molar-refractivity contribution in [3.63, 3.8) is 0 Å². The number of pyridine rings is 1. The van der Waals surface area contributed by atoms with Crippen LogP contribution in [0.15, 0.2) is 53.8 Å². The van der Waals surface area contributed by atoms with Crippen molar-refractivity contribution < 1.29 is 13.9 Å². The molecular formula is C29H33F2IN6O2. The molecule has 0 radical (unpaired) electrons. The Bertz CT molecular complexity index is 1590. The number of benzene rings is 1. The summed E-state index contributed by atoms with van der Waals surface area (Å²) in [4.78, 5) is 15.9. The average Bonchev–Trinajstić information content (AvgIpc) is 3.45. The van der Waals surface area contributed by atoms with Crippen molar-refractivity contribution in [3.05, 3.63) is 82.1 Å². The summed E-state index contributed by atoms with van der Waals surface area (Å²) in [7, 11) is 1.94. The van der Waals surface area contributed by atoms with Gasteiger partial charge in [-0.1, -0.05) is 25.5 Å². The van der Waals surface area contributed by atoms with Crippen molar-refractivity contribution in [2.45, 2.75) is 55.1 Å². The predicted octanol–water partition coefficient (Wildman–Crippen LogP) is 4.84. The first kappa shape index (κ1) is 27.5. The summed E-state index contributed by atoms with van der Waals surface area (Å²) < 4.78 is 31.4. The third-order valence-corrected chi connectivity index (χ3v) is 9.21.